The third-order valence-corrected chi connectivity index (χ3v) is 2.93. The van der Waals surface area contributed by atoms with Gasteiger partial charge in [0.25, 0.3) is 0 Å². The highest BCUT2D eigenvalue weighted by atomic mass is 16.3. The van der Waals surface area contributed by atoms with Crippen LogP contribution in [-0.4, -0.2) is 14.7 Å². The summed E-state index contributed by atoms with van der Waals surface area (Å²) < 4.78 is 1.96. The Balaban J connectivity index is 2.32. The number of hydrogen-bond acceptors (Lipinski definition) is 2. The van der Waals surface area contributed by atoms with Crippen LogP contribution in [0.3, 0.4) is 0 Å². The van der Waals surface area contributed by atoms with Crippen molar-refractivity contribution in [1.29, 1.82) is 0 Å². The average molecular weight is 240 g/mol. The molecule has 0 saturated carbocycles. The second-order valence-electron chi connectivity index (χ2n) is 4.49. The average Bonchev–Trinajstić information content (AvgIpc) is 2.87. The summed E-state index contributed by atoms with van der Waals surface area (Å²) in [4.78, 5) is 4.09. The van der Waals surface area contributed by atoms with Crippen molar-refractivity contribution in [1.82, 2.24) is 9.55 Å². The monoisotopic (exact) mass is 240 g/mol. The summed E-state index contributed by atoms with van der Waals surface area (Å²) in [6.45, 7) is 4.11. The lowest BCUT2D eigenvalue weighted by atomic mass is 10.0. The van der Waals surface area contributed by atoms with E-state index in [0.717, 1.165) is 16.8 Å². The largest absolute Gasteiger partial charge is 0.382 e. The maximum atomic E-state index is 10.4. The number of terminal acetylenes is 1. The van der Waals surface area contributed by atoms with Gasteiger partial charge in [0.2, 0.25) is 0 Å². The Labute approximate surface area is 107 Å². The molecule has 0 spiro atoms. The molecule has 92 valence electrons. The minimum Gasteiger partial charge on any atom is -0.382 e. The first-order valence-electron chi connectivity index (χ1n) is 5.90. The first-order valence-corrected chi connectivity index (χ1v) is 5.90. The normalized spacial score (nSPS) is 12.4. The predicted molar refractivity (Wildman–Crippen MR) is 71.1 cm³/mol. The lowest BCUT2D eigenvalue weighted by Gasteiger charge is -2.16. The number of hydrogen-bond donors (Lipinski definition) is 1. The van der Waals surface area contributed by atoms with Crippen molar-refractivity contribution >= 4 is 0 Å². The van der Waals surface area contributed by atoms with Crippen LogP contribution in [0.2, 0.25) is 0 Å². The van der Waals surface area contributed by atoms with Gasteiger partial charge in [0, 0.05) is 11.6 Å². The van der Waals surface area contributed by atoms with Gasteiger partial charge in [-0.25, -0.2) is 4.98 Å². The Kier molecular flexibility index (Phi) is 3.50. The van der Waals surface area contributed by atoms with Crippen molar-refractivity contribution in [2.75, 3.05) is 0 Å². The van der Waals surface area contributed by atoms with E-state index in [0.29, 0.717) is 0 Å². The number of aromatic nitrogens is 2. The summed E-state index contributed by atoms with van der Waals surface area (Å²) in [6, 6.07) is 7.61. The van der Waals surface area contributed by atoms with E-state index in [1.807, 2.05) is 28.8 Å². The molecule has 1 heterocycles. The quantitative estimate of drug-likeness (QED) is 0.837. The molecule has 0 saturated heterocycles. The highest BCUT2D eigenvalue weighted by Gasteiger charge is 2.16. The van der Waals surface area contributed by atoms with E-state index in [9.17, 15) is 5.11 Å². The van der Waals surface area contributed by atoms with Gasteiger partial charge in [0.1, 0.15) is 6.10 Å². The summed E-state index contributed by atoms with van der Waals surface area (Å²) in [7, 11) is 0. The number of nitrogens with zero attached hydrogens (tertiary/aromatic N) is 2. The van der Waals surface area contributed by atoms with Crippen molar-refractivity contribution in [2.24, 2.45) is 0 Å². The van der Waals surface area contributed by atoms with Crippen LogP contribution in [0.5, 0.6) is 0 Å². The van der Waals surface area contributed by atoms with Crippen molar-refractivity contribution in [2.45, 2.75) is 26.0 Å². The molecule has 0 aliphatic rings. The van der Waals surface area contributed by atoms with E-state index >= 15 is 0 Å². The topological polar surface area (TPSA) is 38.1 Å². The zero-order chi connectivity index (χ0) is 13.1. The number of imidazole rings is 1. The van der Waals surface area contributed by atoms with Gasteiger partial charge >= 0.3 is 0 Å². The zero-order valence-electron chi connectivity index (χ0n) is 10.5. The Hall–Kier alpha value is -2.05. The minimum absolute atomic E-state index is 0.266. The number of rotatable bonds is 3. The third-order valence-electron chi connectivity index (χ3n) is 2.93. The summed E-state index contributed by atoms with van der Waals surface area (Å²) in [6.07, 6.45) is 8.06. The number of aliphatic hydroxyl groups excluding tert-OH is 1. The van der Waals surface area contributed by atoms with Crippen molar-refractivity contribution in [3.05, 3.63) is 53.6 Å². The Bertz CT molecular complexity index is 561. The first kappa shape index (κ1) is 12.4. The van der Waals surface area contributed by atoms with Crippen LogP contribution in [0.25, 0.3) is 0 Å². The van der Waals surface area contributed by atoms with E-state index in [1.54, 1.807) is 12.5 Å². The molecule has 0 aliphatic heterocycles. The first-order chi connectivity index (χ1) is 8.63. The van der Waals surface area contributed by atoms with Crippen LogP contribution < -0.4 is 0 Å². The molecule has 1 aromatic carbocycles. The van der Waals surface area contributed by atoms with Gasteiger partial charge in [0.15, 0.2) is 0 Å². The predicted octanol–water partition coefficient (Wildman–Crippen LogP) is 2.53. The molecule has 3 heteroatoms. The second-order valence-corrected chi connectivity index (χ2v) is 4.49. The Morgan fingerprint density at radius 3 is 2.50 bits per heavy atom. The Morgan fingerprint density at radius 1 is 1.28 bits per heavy atom. The fraction of sp³-hybridized carbons (Fsp3) is 0.267. The maximum absolute atomic E-state index is 10.4. The van der Waals surface area contributed by atoms with E-state index in [1.165, 1.54) is 0 Å². The van der Waals surface area contributed by atoms with E-state index in [2.05, 4.69) is 24.8 Å². The molecule has 0 aliphatic carbocycles. The van der Waals surface area contributed by atoms with E-state index in [4.69, 9.17) is 6.42 Å². The third kappa shape index (κ3) is 2.29. The molecule has 2 rings (SSSR count). The summed E-state index contributed by atoms with van der Waals surface area (Å²) in [5.74, 6) is 2.56. The van der Waals surface area contributed by atoms with Gasteiger partial charge in [-0.15, -0.1) is 6.42 Å². The zero-order valence-corrected chi connectivity index (χ0v) is 10.5. The fourth-order valence-electron chi connectivity index (χ4n) is 1.89. The van der Waals surface area contributed by atoms with Crippen LogP contribution in [0, 0.1) is 12.3 Å². The Morgan fingerprint density at radius 2 is 1.94 bits per heavy atom. The van der Waals surface area contributed by atoms with Gasteiger partial charge in [-0.2, -0.15) is 0 Å². The molecule has 1 unspecified atom stereocenters. The molecular weight excluding hydrogens is 224 g/mol. The molecule has 0 amide bonds. The highest BCUT2D eigenvalue weighted by molar-refractivity contribution is 5.36. The molecule has 1 aromatic heterocycles. The number of benzene rings is 1. The summed E-state index contributed by atoms with van der Waals surface area (Å²) >= 11 is 0. The van der Waals surface area contributed by atoms with Gasteiger partial charge in [-0.05, 0) is 31.5 Å². The summed E-state index contributed by atoms with van der Waals surface area (Å²) in [5, 5.41) is 10.4. The molecule has 3 nitrogen and oxygen atoms in total. The molecule has 18 heavy (non-hydrogen) atoms. The molecule has 0 fully saturated rings. The smallest absolute Gasteiger partial charge is 0.121 e. The lowest BCUT2D eigenvalue weighted by Crippen LogP contribution is -2.09. The lowest BCUT2D eigenvalue weighted by molar-refractivity contribution is 0.208. The van der Waals surface area contributed by atoms with E-state index in [-0.39, 0.29) is 6.04 Å². The van der Waals surface area contributed by atoms with Crippen LogP contribution in [0.15, 0.2) is 36.8 Å². The molecule has 2 aromatic rings. The van der Waals surface area contributed by atoms with Gasteiger partial charge in [-0.1, -0.05) is 18.1 Å². The SMILES string of the molecule is C#Cc1ccc(C(O)c2cncn2C(C)C)cc1. The molecule has 1 atom stereocenters. The number of aliphatic hydroxyl groups is 1. The minimum atomic E-state index is -0.679. The van der Waals surface area contributed by atoms with Crippen LogP contribution in [0.4, 0.5) is 0 Å². The standard InChI is InChI=1S/C15H16N2O/c1-4-12-5-7-13(8-6-12)15(18)14-9-16-10-17(14)11(2)3/h1,5-11,15,18H,2-3H3. The molecule has 0 bridgehead atoms. The highest BCUT2D eigenvalue weighted by Crippen LogP contribution is 2.24. The van der Waals surface area contributed by atoms with Crippen molar-refractivity contribution in [3.63, 3.8) is 0 Å². The van der Waals surface area contributed by atoms with Gasteiger partial charge in [0.05, 0.1) is 18.2 Å². The van der Waals surface area contributed by atoms with Crippen LogP contribution >= 0.6 is 0 Å². The van der Waals surface area contributed by atoms with Gasteiger partial charge in [-0.3, -0.25) is 0 Å². The van der Waals surface area contributed by atoms with Gasteiger partial charge < -0.3 is 9.67 Å². The van der Waals surface area contributed by atoms with Crippen LogP contribution in [-0.2, 0) is 0 Å². The van der Waals surface area contributed by atoms with E-state index < -0.39 is 6.10 Å². The van der Waals surface area contributed by atoms with Crippen molar-refractivity contribution in [3.8, 4) is 12.3 Å². The second kappa shape index (κ2) is 5.07. The molecular formula is C15H16N2O. The maximum Gasteiger partial charge on any atom is 0.121 e. The fourth-order valence-corrected chi connectivity index (χ4v) is 1.89. The summed E-state index contributed by atoms with van der Waals surface area (Å²) in [5.41, 5.74) is 2.41. The van der Waals surface area contributed by atoms with Crippen LogP contribution in [0.1, 0.15) is 42.8 Å². The molecule has 1 N–H and O–H groups in total. The van der Waals surface area contributed by atoms with Crippen molar-refractivity contribution < 1.29 is 5.11 Å². The molecule has 0 radical (unpaired) electrons.